The van der Waals surface area contributed by atoms with Gasteiger partial charge in [0.2, 0.25) is 5.91 Å². The average molecular weight is 300 g/mol. The van der Waals surface area contributed by atoms with E-state index in [1.54, 1.807) is 11.8 Å². The number of likely N-dealkylation sites (tertiary alicyclic amines) is 1. The molecular weight excluding hydrogens is 282 g/mol. The molecule has 0 aliphatic carbocycles. The van der Waals surface area contributed by atoms with Crippen LogP contribution < -0.4 is 0 Å². The van der Waals surface area contributed by atoms with Crippen LogP contribution in [-0.2, 0) is 4.79 Å². The number of hydrogen-bond donors (Lipinski definition) is 1. The van der Waals surface area contributed by atoms with E-state index in [0.717, 1.165) is 4.90 Å². The van der Waals surface area contributed by atoms with E-state index >= 15 is 0 Å². The minimum Gasteiger partial charge on any atom is -0.393 e. The third kappa shape index (κ3) is 4.13. The topological polar surface area (TPSA) is 40.5 Å². The van der Waals surface area contributed by atoms with Crippen LogP contribution in [0.5, 0.6) is 0 Å². The van der Waals surface area contributed by atoms with Gasteiger partial charge in [-0.15, -0.1) is 11.8 Å². The van der Waals surface area contributed by atoms with Crippen molar-refractivity contribution in [2.75, 3.05) is 13.1 Å². The molecule has 5 heteroatoms. The second kappa shape index (κ2) is 6.64. The summed E-state index contributed by atoms with van der Waals surface area (Å²) in [6, 6.07) is 7.52. The van der Waals surface area contributed by atoms with E-state index in [9.17, 15) is 9.90 Å². The number of halogens is 1. The number of aliphatic hydroxyl groups excluding tert-OH is 1. The molecule has 0 aromatic heterocycles. The van der Waals surface area contributed by atoms with E-state index in [4.69, 9.17) is 11.6 Å². The number of thioether (sulfide) groups is 1. The van der Waals surface area contributed by atoms with Crippen LogP contribution in [0.3, 0.4) is 0 Å². The van der Waals surface area contributed by atoms with E-state index in [1.165, 1.54) is 0 Å². The molecule has 1 aliphatic rings. The van der Waals surface area contributed by atoms with Gasteiger partial charge in [-0.3, -0.25) is 4.79 Å². The second-order valence-electron chi connectivity index (χ2n) is 4.77. The Bertz CT molecular complexity index is 430. The van der Waals surface area contributed by atoms with E-state index in [2.05, 4.69) is 0 Å². The van der Waals surface area contributed by atoms with Gasteiger partial charge in [-0.05, 0) is 44.0 Å². The van der Waals surface area contributed by atoms with Crippen LogP contribution in [0, 0.1) is 0 Å². The summed E-state index contributed by atoms with van der Waals surface area (Å²) in [5.41, 5.74) is 0. The molecule has 0 saturated carbocycles. The zero-order chi connectivity index (χ0) is 13.8. The predicted molar refractivity (Wildman–Crippen MR) is 78.6 cm³/mol. The van der Waals surface area contributed by atoms with Crippen molar-refractivity contribution >= 4 is 29.3 Å². The zero-order valence-electron chi connectivity index (χ0n) is 10.9. The third-order valence-electron chi connectivity index (χ3n) is 3.25. The van der Waals surface area contributed by atoms with Crippen molar-refractivity contribution in [2.24, 2.45) is 0 Å². The quantitative estimate of drug-likeness (QED) is 0.873. The van der Waals surface area contributed by atoms with Crippen LogP contribution >= 0.6 is 23.4 Å². The summed E-state index contributed by atoms with van der Waals surface area (Å²) in [5.74, 6) is 0.145. The van der Waals surface area contributed by atoms with Crippen LogP contribution in [-0.4, -0.2) is 40.4 Å². The molecule has 19 heavy (non-hydrogen) atoms. The summed E-state index contributed by atoms with van der Waals surface area (Å²) in [6.07, 6.45) is 1.12. The summed E-state index contributed by atoms with van der Waals surface area (Å²) >= 11 is 7.38. The third-order valence-corrected chi connectivity index (χ3v) is 4.60. The number of carbonyl (C=O) groups is 1. The Balaban J connectivity index is 1.90. The normalized spacial score (nSPS) is 18.4. The van der Waals surface area contributed by atoms with E-state index < -0.39 is 0 Å². The van der Waals surface area contributed by atoms with Gasteiger partial charge in [-0.25, -0.2) is 0 Å². The molecule has 2 rings (SSSR count). The van der Waals surface area contributed by atoms with Crippen molar-refractivity contribution in [1.29, 1.82) is 0 Å². The number of amides is 1. The van der Waals surface area contributed by atoms with Crippen molar-refractivity contribution in [3.8, 4) is 0 Å². The van der Waals surface area contributed by atoms with Gasteiger partial charge in [-0.2, -0.15) is 0 Å². The Morgan fingerprint density at radius 2 is 1.95 bits per heavy atom. The molecule has 1 aromatic rings. The maximum atomic E-state index is 12.3. The lowest BCUT2D eigenvalue weighted by molar-refractivity contribution is -0.132. The Hall–Kier alpha value is -0.710. The fraction of sp³-hybridized carbons (Fsp3) is 0.500. The molecule has 1 unspecified atom stereocenters. The summed E-state index contributed by atoms with van der Waals surface area (Å²) in [6.45, 7) is 3.24. The Morgan fingerprint density at radius 1 is 1.37 bits per heavy atom. The number of hydrogen-bond acceptors (Lipinski definition) is 3. The first-order valence-corrected chi connectivity index (χ1v) is 7.71. The highest BCUT2D eigenvalue weighted by molar-refractivity contribution is 8.00. The summed E-state index contributed by atoms with van der Waals surface area (Å²) < 4.78 is 0. The first-order chi connectivity index (χ1) is 9.06. The van der Waals surface area contributed by atoms with Crippen LogP contribution in [0.15, 0.2) is 29.2 Å². The SMILES string of the molecule is CC(Sc1ccc(Cl)cc1)C(=O)N1CCC(O)CC1. The molecule has 1 atom stereocenters. The van der Waals surface area contributed by atoms with E-state index in [-0.39, 0.29) is 17.3 Å². The maximum absolute atomic E-state index is 12.3. The number of rotatable bonds is 3. The summed E-state index contributed by atoms with van der Waals surface area (Å²) in [7, 11) is 0. The largest absolute Gasteiger partial charge is 0.393 e. The molecule has 0 bridgehead atoms. The van der Waals surface area contributed by atoms with Gasteiger partial charge in [0.15, 0.2) is 0 Å². The molecule has 0 radical (unpaired) electrons. The number of aliphatic hydroxyl groups is 1. The van der Waals surface area contributed by atoms with Crippen LogP contribution in [0.4, 0.5) is 0 Å². The van der Waals surface area contributed by atoms with E-state index in [0.29, 0.717) is 31.0 Å². The molecule has 104 valence electrons. The standard InChI is InChI=1S/C14H18ClNO2S/c1-10(19-13-4-2-11(15)3-5-13)14(18)16-8-6-12(17)7-9-16/h2-5,10,12,17H,6-9H2,1H3. The molecule has 1 saturated heterocycles. The molecule has 0 spiro atoms. The highest BCUT2D eigenvalue weighted by Crippen LogP contribution is 2.26. The predicted octanol–water partition coefficient (Wildman–Crippen LogP) is 2.80. The molecule has 1 N–H and O–H groups in total. The van der Waals surface area contributed by atoms with Crippen molar-refractivity contribution in [2.45, 2.75) is 36.0 Å². The fourth-order valence-corrected chi connectivity index (χ4v) is 3.19. The fourth-order valence-electron chi connectivity index (χ4n) is 2.11. The highest BCUT2D eigenvalue weighted by Gasteiger charge is 2.25. The monoisotopic (exact) mass is 299 g/mol. The minimum atomic E-state index is -0.247. The molecule has 1 fully saturated rings. The van der Waals surface area contributed by atoms with E-state index in [1.807, 2.05) is 36.1 Å². The van der Waals surface area contributed by atoms with Gasteiger partial charge in [0.05, 0.1) is 11.4 Å². The van der Waals surface area contributed by atoms with Crippen molar-refractivity contribution in [3.05, 3.63) is 29.3 Å². The first kappa shape index (κ1) is 14.7. The molecular formula is C14H18ClNO2S. The van der Waals surface area contributed by atoms with Gasteiger partial charge in [0.1, 0.15) is 0 Å². The first-order valence-electron chi connectivity index (χ1n) is 6.45. The number of benzene rings is 1. The lowest BCUT2D eigenvalue weighted by Gasteiger charge is -2.31. The Kier molecular flexibility index (Phi) is 5.13. The number of nitrogens with zero attached hydrogens (tertiary/aromatic N) is 1. The summed E-state index contributed by atoms with van der Waals surface area (Å²) in [4.78, 5) is 15.2. The molecule has 3 nitrogen and oxygen atoms in total. The molecule has 1 heterocycles. The molecule has 1 aliphatic heterocycles. The smallest absolute Gasteiger partial charge is 0.235 e. The molecule has 1 amide bonds. The molecule has 1 aromatic carbocycles. The van der Waals surface area contributed by atoms with Crippen LogP contribution in [0.2, 0.25) is 5.02 Å². The second-order valence-corrected chi connectivity index (χ2v) is 6.62. The number of carbonyl (C=O) groups excluding carboxylic acids is 1. The Morgan fingerprint density at radius 3 is 2.53 bits per heavy atom. The van der Waals surface area contributed by atoms with Gasteiger partial charge < -0.3 is 10.0 Å². The maximum Gasteiger partial charge on any atom is 0.235 e. The van der Waals surface area contributed by atoms with Crippen molar-refractivity contribution in [1.82, 2.24) is 4.90 Å². The highest BCUT2D eigenvalue weighted by atomic mass is 35.5. The Labute approximate surface area is 122 Å². The summed E-state index contributed by atoms with van der Waals surface area (Å²) in [5, 5.41) is 10.0. The van der Waals surface area contributed by atoms with Crippen LogP contribution in [0.1, 0.15) is 19.8 Å². The minimum absolute atomic E-state index is 0.114. The van der Waals surface area contributed by atoms with Gasteiger partial charge in [0.25, 0.3) is 0 Å². The van der Waals surface area contributed by atoms with Crippen molar-refractivity contribution in [3.63, 3.8) is 0 Å². The lowest BCUT2D eigenvalue weighted by Crippen LogP contribution is -2.43. The van der Waals surface area contributed by atoms with Gasteiger partial charge in [0, 0.05) is 23.0 Å². The van der Waals surface area contributed by atoms with Crippen LogP contribution in [0.25, 0.3) is 0 Å². The lowest BCUT2D eigenvalue weighted by atomic mass is 10.1. The zero-order valence-corrected chi connectivity index (χ0v) is 12.5. The average Bonchev–Trinajstić information content (AvgIpc) is 2.41. The van der Waals surface area contributed by atoms with Crippen molar-refractivity contribution < 1.29 is 9.90 Å². The number of piperidine rings is 1. The van der Waals surface area contributed by atoms with Gasteiger partial charge in [-0.1, -0.05) is 11.6 Å². The van der Waals surface area contributed by atoms with Gasteiger partial charge >= 0.3 is 0 Å².